The van der Waals surface area contributed by atoms with Crippen molar-refractivity contribution >= 4 is 34.7 Å². The molecule has 2 aliphatic rings. The Morgan fingerprint density at radius 3 is 2.20 bits per heavy atom. The van der Waals surface area contributed by atoms with E-state index in [4.69, 9.17) is 4.74 Å². The van der Waals surface area contributed by atoms with Crippen LogP contribution in [0.2, 0.25) is 0 Å². The Hall–Kier alpha value is -3.52. The molecule has 2 aromatic carbocycles. The van der Waals surface area contributed by atoms with Gasteiger partial charge in [0.2, 0.25) is 5.91 Å². The predicted molar refractivity (Wildman–Crippen MR) is 109 cm³/mol. The van der Waals surface area contributed by atoms with Gasteiger partial charge in [-0.3, -0.25) is 14.4 Å². The third-order valence-electron chi connectivity index (χ3n) is 4.97. The summed E-state index contributed by atoms with van der Waals surface area (Å²) in [5.41, 5.74) is 2.04. The fourth-order valence-electron chi connectivity index (χ4n) is 3.61. The van der Waals surface area contributed by atoms with Crippen molar-refractivity contribution < 1.29 is 23.5 Å². The number of anilines is 2. The fourth-order valence-corrected chi connectivity index (χ4v) is 3.61. The van der Waals surface area contributed by atoms with Gasteiger partial charge in [-0.25, -0.2) is 9.29 Å². The molecule has 4 rings (SSSR count). The molecule has 2 heterocycles. The summed E-state index contributed by atoms with van der Waals surface area (Å²) in [5, 5.41) is 2.68. The molecular weight excluding hydrogens is 389 g/mol. The number of imide groups is 1. The van der Waals surface area contributed by atoms with Crippen molar-refractivity contribution in [3.05, 3.63) is 65.6 Å². The number of hydrogen-bond acceptors (Lipinski definition) is 5. The molecule has 0 radical (unpaired) electrons. The topological polar surface area (TPSA) is 79.0 Å². The molecule has 0 saturated carbocycles. The van der Waals surface area contributed by atoms with Gasteiger partial charge < -0.3 is 15.0 Å². The van der Waals surface area contributed by atoms with E-state index in [0.717, 1.165) is 4.90 Å². The van der Waals surface area contributed by atoms with E-state index in [0.29, 0.717) is 48.9 Å². The van der Waals surface area contributed by atoms with Crippen LogP contribution < -0.4 is 10.2 Å². The van der Waals surface area contributed by atoms with Crippen molar-refractivity contribution in [3.8, 4) is 0 Å². The maximum Gasteiger partial charge on any atom is 0.282 e. The van der Waals surface area contributed by atoms with Crippen LogP contribution in [0.1, 0.15) is 12.5 Å². The smallest absolute Gasteiger partial charge is 0.282 e. The van der Waals surface area contributed by atoms with E-state index in [9.17, 15) is 18.8 Å². The lowest BCUT2D eigenvalue weighted by Crippen LogP contribution is -2.40. The van der Waals surface area contributed by atoms with E-state index in [1.54, 1.807) is 24.3 Å². The highest BCUT2D eigenvalue weighted by Gasteiger charge is 2.42. The first-order valence-electron chi connectivity index (χ1n) is 9.55. The zero-order chi connectivity index (χ0) is 21.3. The molecule has 0 spiro atoms. The molecule has 30 heavy (non-hydrogen) atoms. The van der Waals surface area contributed by atoms with Gasteiger partial charge >= 0.3 is 0 Å². The Bertz CT molecular complexity index is 1030. The Balaban J connectivity index is 1.76. The summed E-state index contributed by atoms with van der Waals surface area (Å²) in [4.78, 5) is 40.8. The van der Waals surface area contributed by atoms with E-state index < -0.39 is 17.6 Å². The number of hydrogen-bond donors (Lipinski definition) is 1. The first-order chi connectivity index (χ1) is 14.5. The van der Waals surface area contributed by atoms with Gasteiger partial charge in [-0.15, -0.1) is 0 Å². The number of benzene rings is 2. The molecule has 154 valence electrons. The van der Waals surface area contributed by atoms with Crippen molar-refractivity contribution in [3.63, 3.8) is 0 Å². The van der Waals surface area contributed by atoms with Gasteiger partial charge in [-0.2, -0.15) is 0 Å². The zero-order valence-electron chi connectivity index (χ0n) is 16.4. The van der Waals surface area contributed by atoms with Gasteiger partial charge in [-0.1, -0.05) is 12.1 Å². The molecule has 0 aromatic heterocycles. The summed E-state index contributed by atoms with van der Waals surface area (Å²) in [6, 6.07) is 12.0. The lowest BCUT2D eigenvalue weighted by atomic mass is 10.0. The quantitative estimate of drug-likeness (QED) is 0.785. The van der Waals surface area contributed by atoms with Crippen LogP contribution in [-0.2, 0) is 19.1 Å². The van der Waals surface area contributed by atoms with E-state index in [-0.39, 0.29) is 11.5 Å². The first-order valence-corrected chi connectivity index (χ1v) is 9.55. The standard InChI is InChI=1S/C22H20FN3O4/c1-14(27)24-17-6-2-15(3-7-17)19-20(25-10-12-30-13-11-25)22(29)26(21(19)28)18-8-4-16(23)5-9-18/h2-9H,10-13H2,1H3,(H,24,27). The number of nitrogens with one attached hydrogen (secondary N) is 1. The number of morpholine rings is 1. The van der Waals surface area contributed by atoms with Crippen LogP contribution in [0, 0.1) is 5.82 Å². The third kappa shape index (κ3) is 3.69. The van der Waals surface area contributed by atoms with Crippen LogP contribution >= 0.6 is 0 Å². The molecule has 2 aromatic rings. The Morgan fingerprint density at radius 1 is 0.967 bits per heavy atom. The van der Waals surface area contributed by atoms with E-state index >= 15 is 0 Å². The van der Waals surface area contributed by atoms with Crippen molar-refractivity contribution in [1.82, 2.24) is 4.90 Å². The van der Waals surface area contributed by atoms with Crippen molar-refractivity contribution in [2.45, 2.75) is 6.92 Å². The van der Waals surface area contributed by atoms with E-state index in [1.165, 1.54) is 31.2 Å². The number of carbonyl (C=O) groups is 3. The predicted octanol–water partition coefficient (Wildman–Crippen LogP) is 2.40. The van der Waals surface area contributed by atoms with E-state index in [2.05, 4.69) is 5.32 Å². The molecule has 0 aliphatic carbocycles. The highest BCUT2D eigenvalue weighted by Crippen LogP contribution is 2.35. The largest absolute Gasteiger partial charge is 0.378 e. The lowest BCUT2D eigenvalue weighted by molar-refractivity contribution is -0.121. The molecule has 1 fully saturated rings. The minimum absolute atomic E-state index is 0.203. The van der Waals surface area contributed by atoms with Gasteiger partial charge in [0.05, 0.1) is 24.5 Å². The number of ether oxygens (including phenoxy) is 1. The summed E-state index contributed by atoms with van der Waals surface area (Å²) in [6.07, 6.45) is 0. The summed E-state index contributed by atoms with van der Waals surface area (Å²) in [6.45, 7) is 3.29. The van der Waals surface area contributed by atoms with Gasteiger partial charge in [0.25, 0.3) is 11.8 Å². The molecule has 8 heteroatoms. The Labute approximate surface area is 172 Å². The number of amides is 3. The normalized spacial score (nSPS) is 17.0. The maximum atomic E-state index is 13.4. The van der Waals surface area contributed by atoms with Crippen LogP contribution in [0.25, 0.3) is 5.57 Å². The molecule has 1 saturated heterocycles. The number of halogens is 1. The minimum atomic E-state index is -0.472. The lowest BCUT2D eigenvalue weighted by Gasteiger charge is -2.29. The molecule has 0 atom stereocenters. The molecule has 0 unspecified atom stereocenters. The van der Waals surface area contributed by atoms with Gasteiger partial charge in [0.15, 0.2) is 0 Å². The summed E-state index contributed by atoms with van der Waals surface area (Å²) < 4.78 is 18.7. The van der Waals surface area contributed by atoms with Gasteiger partial charge in [0, 0.05) is 25.7 Å². The first kappa shape index (κ1) is 19.8. The number of nitrogens with zero attached hydrogens (tertiary/aromatic N) is 2. The van der Waals surface area contributed by atoms with Crippen LogP contribution in [0.15, 0.2) is 54.2 Å². The second-order valence-corrected chi connectivity index (χ2v) is 7.00. The van der Waals surface area contributed by atoms with Crippen molar-refractivity contribution in [2.75, 3.05) is 36.5 Å². The zero-order valence-corrected chi connectivity index (χ0v) is 16.4. The third-order valence-corrected chi connectivity index (χ3v) is 4.97. The molecule has 7 nitrogen and oxygen atoms in total. The van der Waals surface area contributed by atoms with Crippen LogP contribution in [0.3, 0.4) is 0 Å². The Kier molecular flexibility index (Phi) is 5.33. The van der Waals surface area contributed by atoms with Gasteiger partial charge in [-0.05, 0) is 42.0 Å². The van der Waals surface area contributed by atoms with Crippen LogP contribution in [0.5, 0.6) is 0 Å². The molecule has 0 bridgehead atoms. The number of carbonyl (C=O) groups excluding carboxylic acids is 3. The van der Waals surface area contributed by atoms with Crippen LogP contribution in [-0.4, -0.2) is 48.9 Å². The Morgan fingerprint density at radius 2 is 1.60 bits per heavy atom. The average Bonchev–Trinajstić information content (AvgIpc) is 3.00. The second-order valence-electron chi connectivity index (χ2n) is 7.00. The summed E-state index contributed by atoms with van der Waals surface area (Å²) in [7, 11) is 0. The highest BCUT2D eigenvalue weighted by molar-refractivity contribution is 6.45. The molecule has 2 aliphatic heterocycles. The molecule has 3 amide bonds. The maximum absolute atomic E-state index is 13.4. The SMILES string of the molecule is CC(=O)Nc1ccc(C2=C(N3CCOCC3)C(=O)N(c3ccc(F)cc3)C2=O)cc1. The monoisotopic (exact) mass is 409 g/mol. The van der Waals surface area contributed by atoms with Crippen molar-refractivity contribution in [2.24, 2.45) is 0 Å². The van der Waals surface area contributed by atoms with E-state index in [1.807, 2.05) is 4.90 Å². The highest BCUT2D eigenvalue weighted by atomic mass is 19.1. The summed E-state index contributed by atoms with van der Waals surface area (Å²) >= 11 is 0. The van der Waals surface area contributed by atoms with Crippen LogP contribution in [0.4, 0.5) is 15.8 Å². The molecule has 1 N–H and O–H groups in total. The number of rotatable bonds is 4. The van der Waals surface area contributed by atoms with Crippen molar-refractivity contribution in [1.29, 1.82) is 0 Å². The fraction of sp³-hybridized carbons (Fsp3) is 0.227. The minimum Gasteiger partial charge on any atom is -0.378 e. The molecular formula is C22H20FN3O4. The second kappa shape index (κ2) is 8.08. The average molecular weight is 409 g/mol. The summed E-state index contributed by atoms with van der Waals surface area (Å²) in [5.74, 6) is -1.58. The van der Waals surface area contributed by atoms with Gasteiger partial charge in [0.1, 0.15) is 11.5 Å².